The van der Waals surface area contributed by atoms with E-state index in [1.807, 2.05) is 30.5 Å². The van der Waals surface area contributed by atoms with Crippen LogP contribution in [0.5, 0.6) is 0 Å². The van der Waals surface area contributed by atoms with Gasteiger partial charge in [0.1, 0.15) is 0 Å². The quantitative estimate of drug-likeness (QED) is 0.118. The number of furan rings is 1. The Kier molecular flexibility index (Phi) is 12.8. The smallest absolute Gasteiger partial charge is 0.216 e. The van der Waals surface area contributed by atoms with Gasteiger partial charge in [-0.1, -0.05) is 115 Å². The van der Waals surface area contributed by atoms with Gasteiger partial charge in [0.2, 0.25) is 5.71 Å². The third-order valence-corrected chi connectivity index (χ3v) is 12.5. The van der Waals surface area contributed by atoms with Gasteiger partial charge in [0.25, 0.3) is 0 Å². The fraction of sp³-hybridized carbons (Fsp3) is 0.413. The number of benzene rings is 2. The molecule has 1 radical (unpaired) electrons. The molecule has 0 spiro atoms. The van der Waals surface area contributed by atoms with E-state index in [1.54, 1.807) is 0 Å². The van der Waals surface area contributed by atoms with E-state index in [9.17, 15) is 0 Å². The second kappa shape index (κ2) is 16.7. The molecule has 0 aliphatic heterocycles. The summed E-state index contributed by atoms with van der Waals surface area (Å²) in [5, 5.41) is 3.65. The number of hydrogen-bond acceptors (Lipinski definition) is 4. The fourth-order valence-electron chi connectivity index (χ4n) is 7.29. The van der Waals surface area contributed by atoms with E-state index in [0.717, 1.165) is 51.0 Å². The van der Waals surface area contributed by atoms with Gasteiger partial charge in [-0.3, -0.25) is 0 Å². The van der Waals surface area contributed by atoms with Crippen LogP contribution in [0.3, 0.4) is 0 Å². The minimum absolute atomic E-state index is 0. The van der Waals surface area contributed by atoms with Gasteiger partial charge in [-0.2, -0.15) is 0 Å². The molecule has 1 fully saturated rings. The van der Waals surface area contributed by atoms with Crippen molar-refractivity contribution >= 4 is 35.3 Å². The average molecular weight is 886 g/mol. The van der Waals surface area contributed by atoms with E-state index in [-0.39, 0.29) is 25.5 Å². The SMILES string of the molecule is CC(C)(C)Cc1cc(-c2[c-]cccc2)ncc1[Si](C)(C)C.CC(C)C(C)c1ccnc(-c2[c-]ccc3c2oc2nc(C4CCCCC4)ccc23)c1.[Ir]. The molecular formula is C46H55IrN3OSi-2. The Balaban J connectivity index is 0.000000210. The van der Waals surface area contributed by atoms with Crippen LogP contribution in [0.4, 0.5) is 0 Å². The summed E-state index contributed by atoms with van der Waals surface area (Å²) >= 11 is 0. The van der Waals surface area contributed by atoms with Crippen LogP contribution in [-0.2, 0) is 26.5 Å². The van der Waals surface area contributed by atoms with Crippen LogP contribution in [0.25, 0.3) is 44.6 Å². The first-order valence-electron chi connectivity index (χ1n) is 18.9. The van der Waals surface area contributed by atoms with E-state index in [0.29, 0.717) is 17.8 Å². The van der Waals surface area contributed by atoms with Crippen LogP contribution in [0.2, 0.25) is 19.6 Å². The van der Waals surface area contributed by atoms with E-state index in [1.165, 1.54) is 54.1 Å². The molecule has 2 aromatic carbocycles. The van der Waals surface area contributed by atoms with Crippen LogP contribution in [0, 0.1) is 23.5 Å². The molecule has 0 N–H and O–H groups in total. The van der Waals surface area contributed by atoms with E-state index in [2.05, 4.69) is 127 Å². The van der Waals surface area contributed by atoms with Crippen molar-refractivity contribution in [2.45, 2.75) is 112 Å². The number of fused-ring (bicyclic) bond motifs is 3. The number of hydrogen-bond donors (Lipinski definition) is 0. The van der Waals surface area contributed by atoms with Gasteiger partial charge < -0.3 is 14.4 Å². The summed E-state index contributed by atoms with van der Waals surface area (Å²) in [7, 11) is -1.37. The average Bonchev–Trinajstić information content (AvgIpc) is 3.49. The standard InChI is InChI=1S/C27H29N2O.C19H26NSi.Ir/c1-17(2)18(3)20-14-15-28-25(16-20)23-11-7-10-21-22-12-13-24(19-8-5-4-6-9-19)29-27(22)30-26(21)23;1-19(2,3)13-16-12-17(15-10-8-7-9-11-15)20-14-18(16)21(4,5)6;/h7,10,12-19H,4-6,8-9H2,1-3H3;7-10,12,14H,13H2,1-6H3;/q2*-1;. The van der Waals surface area contributed by atoms with Gasteiger partial charge in [0.05, 0.1) is 13.7 Å². The molecule has 6 aromatic rings. The molecule has 0 bridgehead atoms. The summed E-state index contributed by atoms with van der Waals surface area (Å²) in [5.41, 5.74) is 9.75. The summed E-state index contributed by atoms with van der Waals surface area (Å²) < 4.78 is 6.33. The van der Waals surface area contributed by atoms with E-state index >= 15 is 0 Å². The molecule has 4 aromatic heterocycles. The molecule has 0 amide bonds. The predicted molar refractivity (Wildman–Crippen MR) is 217 cm³/mol. The first kappa shape index (κ1) is 39.8. The van der Waals surface area contributed by atoms with Crippen LogP contribution in [0.1, 0.15) is 102 Å². The minimum Gasteiger partial charge on any atom is -0.486 e. The van der Waals surface area contributed by atoms with Crippen molar-refractivity contribution in [1.82, 2.24) is 15.0 Å². The van der Waals surface area contributed by atoms with Crippen molar-refractivity contribution in [3.63, 3.8) is 0 Å². The van der Waals surface area contributed by atoms with E-state index in [4.69, 9.17) is 14.4 Å². The summed E-state index contributed by atoms with van der Waals surface area (Å²) in [6.07, 6.45) is 11.5. The maximum atomic E-state index is 6.33. The third kappa shape index (κ3) is 9.37. The van der Waals surface area contributed by atoms with Gasteiger partial charge in [-0.15, -0.1) is 54.1 Å². The van der Waals surface area contributed by atoms with Crippen LogP contribution < -0.4 is 5.19 Å². The Morgan fingerprint density at radius 2 is 1.62 bits per heavy atom. The molecule has 7 rings (SSSR count). The van der Waals surface area contributed by atoms with Crippen molar-refractivity contribution in [1.29, 1.82) is 0 Å². The molecule has 4 heterocycles. The molecule has 4 nitrogen and oxygen atoms in total. The molecule has 275 valence electrons. The van der Waals surface area contributed by atoms with Crippen LogP contribution >= 0.6 is 0 Å². The van der Waals surface area contributed by atoms with E-state index < -0.39 is 8.07 Å². The monoisotopic (exact) mass is 886 g/mol. The number of rotatable bonds is 7. The summed E-state index contributed by atoms with van der Waals surface area (Å²) in [5.74, 6) is 1.62. The Morgan fingerprint density at radius 3 is 2.29 bits per heavy atom. The predicted octanol–water partition coefficient (Wildman–Crippen LogP) is 12.3. The van der Waals surface area contributed by atoms with Crippen molar-refractivity contribution in [2.75, 3.05) is 0 Å². The van der Waals surface area contributed by atoms with Crippen molar-refractivity contribution in [3.05, 3.63) is 108 Å². The Bertz CT molecular complexity index is 2090. The van der Waals surface area contributed by atoms with Crippen molar-refractivity contribution < 1.29 is 24.5 Å². The first-order chi connectivity index (χ1) is 24.3. The Labute approximate surface area is 326 Å². The second-order valence-electron chi connectivity index (χ2n) is 17.1. The second-order valence-corrected chi connectivity index (χ2v) is 22.2. The maximum absolute atomic E-state index is 6.33. The Morgan fingerprint density at radius 1 is 0.846 bits per heavy atom. The summed E-state index contributed by atoms with van der Waals surface area (Å²) in [6.45, 7) is 20.9. The first-order valence-corrected chi connectivity index (χ1v) is 22.4. The molecule has 6 heteroatoms. The van der Waals surface area contributed by atoms with Gasteiger partial charge in [-0.05, 0) is 71.3 Å². The van der Waals surface area contributed by atoms with Gasteiger partial charge in [0.15, 0.2) is 0 Å². The van der Waals surface area contributed by atoms with Gasteiger partial charge >= 0.3 is 0 Å². The summed E-state index contributed by atoms with van der Waals surface area (Å²) in [6, 6.07) is 29.8. The zero-order valence-electron chi connectivity index (χ0n) is 32.6. The van der Waals surface area contributed by atoms with Gasteiger partial charge in [0, 0.05) is 49.5 Å². The molecule has 1 unspecified atom stereocenters. The molecule has 1 atom stereocenters. The molecule has 1 aliphatic rings. The van der Waals surface area contributed by atoms with Crippen LogP contribution in [-0.4, -0.2) is 23.0 Å². The molecule has 1 aliphatic carbocycles. The van der Waals surface area contributed by atoms with Crippen molar-refractivity contribution in [3.8, 4) is 22.5 Å². The number of nitrogens with zero attached hydrogens (tertiary/aromatic N) is 3. The largest absolute Gasteiger partial charge is 0.486 e. The zero-order valence-corrected chi connectivity index (χ0v) is 36.0. The number of pyridine rings is 3. The van der Waals surface area contributed by atoms with Crippen molar-refractivity contribution in [2.24, 2.45) is 11.3 Å². The molecule has 52 heavy (non-hydrogen) atoms. The summed E-state index contributed by atoms with van der Waals surface area (Å²) in [4.78, 5) is 14.3. The molecule has 0 saturated heterocycles. The number of aromatic nitrogens is 3. The van der Waals surface area contributed by atoms with Gasteiger partial charge in [-0.25, -0.2) is 4.98 Å². The molecular weight excluding hydrogens is 831 g/mol. The van der Waals surface area contributed by atoms with Crippen LogP contribution in [0.15, 0.2) is 83.5 Å². The molecule has 1 saturated carbocycles. The zero-order chi connectivity index (χ0) is 36.3. The Hall–Kier alpha value is -3.44. The topological polar surface area (TPSA) is 51.8 Å². The third-order valence-electron chi connectivity index (χ3n) is 10.4. The fourth-order valence-corrected chi connectivity index (χ4v) is 8.87. The minimum atomic E-state index is -1.37. The maximum Gasteiger partial charge on any atom is 0.216 e. The normalized spacial score (nSPS) is 14.6.